The van der Waals surface area contributed by atoms with Gasteiger partial charge in [-0.05, 0) is 30.7 Å². The molecule has 75 valence electrons. The first-order valence-corrected chi connectivity index (χ1v) is 4.65. The molecule has 0 amide bonds. The van der Waals surface area contributed by atoms with Crippen LogP contribution < -0.4 is 5.32 Å². The summed E-state index contributed by atoms with van der Waals surface area (Å²) in [7, 11) is 0. The first kappa shape index (κ1) is 10.7. The van der Waals surface area contributed by atoms with Gasteiger partial charge >= 0.3 is 0 Å². The minimum absolute atomic E-state index is 0.240. The van der Waals surface area contributed by atoms with E-state index in [9.17, 15) is 4.79 Å². The van der Waals surface area contributed by atoms with Gasteiger partial charge in [0.15, 0.2) is 0 Å². The van der Waals surface area contributed by atoms with E-state index >= 15 is 0 Å². The summed E-state index contributed by atoms with van der Waals surface area (Å²) in [6, 6.07) is 6.57. The summed E-state index contributed by atoms with van der Waals surface area (Å²) >= 11 is 0. The molecule has 0 bridgehead atoms. The molecule has 0 heterocycles. The van der Waals surface area contributed by atoms with Gasteiger partial charge in [0.1, 0.15) is 5.75 Å². The minimum Gasteiger partial charge on any atom is -0.508 e. The Morgan fingerprint density at radius 2 is 2.07 bits per heavy atom. The van der Waals surface area contributed by atoms with Gasteiger partial charge in [-0.1, -0.05) is 19.1 Å². The number of hydrogen-bond donors (Lipinski definition) is 2. The van der Waals surface area contributed by atoms with Crippen molar-refractivity contribution in [3.8, 4) is 5.75 Å². The van der Waals surface area contributed by atoms with Crippen LogP contribution in [0.4, 0.5) is 0 Å². The molecule has 0 saturated carbocycles. The van der Waals surface area contributed by atoms with E-state index in [1.165, 1.54) is 0 Å². The van der Waals surface area contributed by atoms with E-state index in [2.05, 4.69) is 5.32 Å². The maximum atomic E-state index is 10.5. The summed E-state index contributed by atoms with van der Waals surface area (Å²) in [5.41, 5.74) is 1.01. The van der Waals surface area contributed by atoms with Gasteiger partial charge in [-0.25, -0.2) is 0 Å². The molecule has 1 rings (SSSR count). The second-order valence-corrected chi connectivity index (χ2v) is 3.10. The maximum absolute atomic E-state index is 10.5. The Bertz CT molecular complexity index is 282. The lowest BCUT2D eigenvalue weighted by molar-refractivity contribution is 0.475. The van der Waals surface area contributed by atoms with Crippen LogP contribution in [-0.4, -0.2) is 24.0 Å². The monoisotopic (exact) mass is 192 g/mol. The summed E-state index contributed by atoms with van der Waals surface area (Å²) in [5, 5.41) is 12.1. The third-order valence-electron chi connectivity index (χ3n) is 1.97. The molecular formula is C11H14NO2. The first-order valence-electron chi connectivity index (χ1n) is 4.65. The fourth-order valence-electron chi connectivity index (χ4n) is 1.27. The van der Waals surface area contributed by atoms with Crippen molar-refractivity contribution >= 4 is 6.29 Å². The molecule has 1 aromatic carbocycles. The SMILES string of the molecule is CCNC([C]=O)Cc1ccc(O)cc1. The number of likely N-dealkylation sites (N-methyl/N-ethyl adjacent to an activating group) is 1. The van der Waals surface area contributed by atoms with Crippen molar-refractivity contribution in [1.29, 1.82) is 0 Å². The van der Waals surface area contributed by atoms with Crippen LogP contribution in [0.15, 0.2) is 24.3 Å². The number of aromatic hydroxyl groups is 1. The molecule has 1 unspecified atom stereocenters. The van der Waals surface area contributed by atoms with Gasteiger partial charge in [0.25, 0.3) is 0 Å². The fourth-order valence-corrected chi connectivity index (χ4v) is 1.27. The number of carbonyl (C=O) groups excluding carboxylic acids is 1. The van der Waals surface area contributed by atoms with Crippen molar-refractivity contribution in [2.75, 3.05) is 6.54 Å². The third kappa shape index (κ3) is 3.18. The van der Waals surface area contributed by atoms with E-state index in [-0.39, 0.29) is 11.8 Å². The van der Waals surface area contributed by atoms with E-state index < -0.39 is 0 Å². The predicted octanol–water partition coefficient (Wildman–Crippen LogP) is 1.02. The molecule has 0 fully saturated rings. The Balaban J connectivity index is 2.57. The van der Waals surface area contributed by atoms with Crippen LogP contribution in [0.1, 0.15) is 12.5 Å². The molecule has 0 aliphatic rings. The Morgan fingerprint density at radius 1 is 1.43 bits per heavy atom. The van der Waals surface area contributed by atoms with Gasteiger partial charge in [0, 0.05) is 0 Å². The van der Waals surface area contributed by atoms with Crippen LogP contribution in [0.25, 0.3) is 0 Å². The van der Waals surface area contributed by atoms with Gasteiger partial charge in [0.05, 0.1) is 6.04 Å². The lowest BCUT2D eigenvalue weighted by Crippen LogP contribution is -2.32. The molecule has 1 radical (unpaired) electrons. The molecule has 2 N–H and O–H groups in total. The van der Waals surface area contributed by atoms with Crippen molar-refractivity contribution in [1.82, 2.24) is 5.32 Å². The number of benzene rings is 1. The highest BCUT2D eigenvalue weighted by Crippen LogP contribution is 2.10. The molecule has 1 atom stereocenters. The number of phenols is 1. The normalized spacial score (nSPS) is 12.4. The van der Waals surface area contributed by atoms with Crippen LogP contribution in [0.2, 0.25) is 0 Å². The maximum Gasteiger partial charge on any atom is 0.217 e. The van der Waals surface area contributed by atoms with Gasteiger partial charge in [-0.15, -0.1) is 0 Å². The van der Waals surface area contributed by atoms with Gasteiger partial charge in [-0.2, -0.15) is 0 Å². The van der Waals surface area contributed by atoms with E-state index in [0.717, 1.165) is 12.1 Å². The summed E-state index contributed by atoms with van der Waals surface area (Å²) < 4.78 is 0. The Morgan fingerprint density at radius 3 is 2.57 bits per heavy atom. The molecule has 0 saturated heterocycles. The molecule has 1 aromatic rings. The Hall–Kier alpha value is -1.35. The molecule has 0 aromatic heterocycles. The zero-order valence-corrected chi connectivity index (χ0v) is 8.16. The molecular weight excluding hydrogens is 178 g/mol. The lowest BCUT2D eigenvalue weighted by Gasteiger charge is -2.09. The van der Waals surface area contributed by atoms with Crippen LogP contribution in [-0.2, 0) is 11.2 Å². The first-order chi connectivity index (χ1) is 6.76. The highest BCUT2D eigenvalue weighted by molar-refractivity contribution is 5.59. The van der Waals surface area contributed by atoms with E-state index in [1.807, 2.05) is 13.2 Å². The summed E-state index contributed by atoms with van der Waals surface area (Å²) in [4.78, 5) is 10.5. The van der Waals surface area contributed by atoms with Gasteiger partial charge in [-0.3, -0.25) is 4.79 Å². The predicted molar refractivity (Wildman–Crippen MR) is 55.0 cm³/mol. The van der Waals surface area contributed by atoms with Crippen LogP contribution in [0.3, 0.4) is 0 Å². The van der Waals surface area contributed by atoms with Gasteiger partial charge < -0.3 is 10.4 Å². The van der Waals surface area contributed by atoms with Crippen LogP contribution in [0, 0.1) is 0 Å². The second-order valence-electron chi connectivity index (χ2n) is 3.10. The van der Waals surface area contributed by atoms with Crippen LogP contribution in [0.5, 0.6) is 5.75 Å². The quantitative estimate of drug-likeness (QED) is 0.732. The summed E-state index contributed by atoms with van der Waals surface area (Å²) in [6.45, 7) is 2.69. The standard InChI is InChI=1S/C11H14NO2/c1-2-12-10(8-13)7-9-3-5-11(14)6-4-9/h3-6,10,12,14H,2,7H2,1H3. The van der Waals surface area contributed by atoms with E-state index in [0.29, 0.717) is 6.42 Å². The second kappa shape index (κ2) is 5.40. The molecule has 0 aliphatic heterocycles. The molecule has 0 aliphatic carbocycles. The highest BCUT2D eigenvalue weighted by atomic mass is 16.3. The smallest absolute Gasteiger partial charge is 0.217 e. The average molecular weight is 192 g/mol. The lowest BCUT2D eigenvalue weighted by atomic mass is 10.1. The minimum atomic E-state index is -0.260. The summed E-state index contributed by atoms with van der Waals surface area (Å²) in [6.07, 6.45) is 2.55. The molecule has 0 spiro atoms. The topological polar surface area (TPSA) is 49.3 Å². The van der Waals surface area contributed by atoms with Crippen molar-refractivity contribution in [2.45, 2.75) is 19.4 Å². The van der Waals surface area contributed by atoms with E-state index in [4.69, 9.17) is 5.11 Å². The zero-order chi connectivity index (χ0) is 10.4. The summed E-state index contributed by atoms with van der Waals surface area (Å²) in [5.74, 6) is 0.240. The van der Waals surface area contributed by atoms with Gasteiger partial charge in [0.2, 0.25) is 6.29 Å². The largest absolute Gasteiger partial charge is 0.508 e. The van der Waals surface area contributed by atoms with Crippen molar-refractivity contribution < 1.29 is 9.90 Å². The molecule has 3 heteroatoms. The number of phenolic OH excluding ortho intramolecular Hbond substituents is 1. The van der Waals surface area contributed by atoms with E-state index in [1.54, 1.807) is 24.3 Å². The average Bonchev–Trinajstić information content (AvgIpc) is 2.20. The fraction of sp³-hybridized carbons (Fsp3) is 0.364. The van der Waals surface area contributed by atoms with Crippen molar-refractivity contribution in [3.05, 3.63) is 29.8 Å². The number of rotatable bonds is 5. The third-order valence-corrected chi connectivity index (χ3v) is 1.97. The molecule has 3 nitrogen and oxygen atoms in total. The Kier molecular flexibility index (Phi) is 4.13. The van der Waals surface area contributed by atoms with Crippen LogP contribution >= 0.6 is 0 Å². The van der Waals surface area contributed by atoms with Crippen molar-refractivity contribution in [2.24, 2.45) is 0 Å². The number of hydrogen-bond acceptors (Lipinski definition) is 3. The number of nitrogens with one attached hydrogen (secondary N) is 1. The zero-order valence-electron chi connectivity index (χ0n) is 8.16. The Labute approximate surface area is 83.8 Å². The highest BCUT2D eigenvalue weighted by Gasteiger charge is 2.07. The molecule has 14 heavy (non-hydrogen) atoms. The van der Waals surface area contributed by atoms with Crippen molar-refractivity contribution in [3.63, 3.8) is 0 Å².